The van der Waals surface area contributed by atoms with Crippen LogP contribution in [0.5, 0.6) is 0 Å². The van der Waals surface area contributed by atoms with Crippen LogP contribution in [0.3, 0.4) is 0 Å². The van der Waals surface area contributed by atoms with E-state index in [2.05, 4.69) is 10.1 Å². The second kappa shape index (κ2) is 9.49. The van der Waals surface area contributed by atoms with Crippen molar-refractivity contribution in [2.75, 3.05) is 33.0 Å². The van der Waals surface area contributed by atoms with Crippen molar-refractivity contribution in [2.45, 2.75) is 25.3 Å². The predicted molar refractivity (Wildman–Crippen MR) is 119 cm³/mol. The van der Waals surface area contributed by atoms with Gasteiger partial charge in [0, 0.05) is 12.2 Å². The molecule has 0 saturated heterocycles. The minimum atomic E-state index is -3.29. The minimum Gasteiger partial charge on any atom is -0.463 e. The van der Waals surface area contributed by atoms with Gasteiger partial charge in [0.1, 0.15) is 13.2 Å². The topological polar surface area (TPSA) is 97.3 Å². The molecule has 0 spiro atoms. The molecule has 1 aromatic carbocycles. The summed E-state index contributed by atoms with van der Waals surface area (Å²) in [5.74, 6) is -0.300. The standard InChI is InChI=1S/C22H28N4O4S/c1-5-31(28,29)18-8-6-7-17(14-18)19-9-10-20(23-19)21-13-16(2)24-26(21)15-22(27)30-12-11-25(3)4/h6-10,13-14,23H,5,11-12,15H2,1-4H3. The Morgan fingerprint density at radius 2 is 1.90 bits per heavy atom. The lowest BCUT2D eigenvalue weighted by atomic mass is 10.2. The number of nitrogens with zero attached hydrogens (tertiary/aromatic N) is 3. The number of esters is 1. The van der Waals surface area contributed by atoms with Gasteiger partial charge in [-0.2, -0.15) is 5.10 Å². The molecule has 0 unspecified atom stereocenters. The molecule has 2 aromatic heterocycles. The van der Waals surface area contributed by atoms with Crippen LogP contribution in [0.1, 0.15) is 12.6 Å². The first kappa shape index (κ1) is 22.8. The van der Waals surface area contributed by atoms with Crippen LogP contribution in [0.4, 0.5) is 0 Å². The maximum atomic E-state index is 12.2. The molecule has 0 saturated carbocycles. The number of sulfone groups is 1. The first-order chi connectivity index (χ1) is 14.7. The summed E-state index contributed by atoms with van der Waals surface area (Å²) in [6.07, 6.45) is 0. The molecule has 0 bridgehead atoms. The zero-order valence-corrected chi connectivity index (χ0v) is 19.1. The van der Waals surface area contributed by atoms with Crippen LogP contribution in [-0.4, -0.2) is 67.1 Å². The van der Waals surface area contributed by atoms with Crippen molar-refractivity contribution in [2.24, 2.45) is 0 Å². The van der Waals surface area contributed by atoms with Gasteiger partial charge in [-0.15, -0.1) is 0 Å². The van der Waals surface area contributed by atoms with Crippen molar-refractivity contribution < 1.29 is 17.9 Å². The second-order valence-corrected chi connectivity index (χ2v) is 9.85. The Hall–Kier alpha value is -2.91. The molecular weight excluding hydrogens is 416 g/mol. The highest BCUT2D eigenvalue weighted by Crippen LogP contribution is 2.27. The zero-order chi connectivity index (χ0) is 22.6. The fourth-order valence-corrected chi connectivity index (χ4v) is 4.06. The first-order valence-corrected chi connectivity index (χ1v) is 11.7. The summed E-state index contributed by atoms with van der Waals surface area (Å²) in [6, 6.07) is 12.5. The lowest BCUT2D eigenvalue weighted by molar-refractivity contribution is -0.144. The van der Waals surface area contributed by atoms with Crippen LogP contribution >= 0.6 is 0 Å². The molecule has 0 amide bonds. The van der Waals surface area contributed by atoms with Crippen molar-refractivity contribution in [1.82, 2.24) is 19.7 Å². The summed E-state index contributed by atoms with van der Waals surface area (Å²) in [5.41, 5.74) is 3.86. The number of rotatable bonds is 9. The molecule has 8 nitrogen and oxygen atoms in total. The van der Waals surface area contributed by atoms with E-state index in [1.807, 2.05) is 50.2 Å². The van der Waals surface area contributed by atoms with Crippen LogP contribution in [0.25, 0.3) is 22.6 Å². The number of H-pyrrole nitrogens is 1. The SMILES string of the molecule is CCS(=O)(=O)c1cccc(-c2ccc(-c3cc(C)nn3CC(=O)OCCN(C)C)[nH]2)c1. The van der Waals surface area contributed by atoms with Gasteiger partial charge in [0.15, 0.2) is 9.84 Å². The number of nitrogens with one attached hydrogen (secondary N) is 1. The van der Waals surface area contributed by atoms with Gasteiger partial charge >= 0.3 is 5.97 Å². The van der Waals surface area contributed by atoms with Gasteiger partial charge in [-0.05, 0) is 56.9 Å². The molecule has 0 aliphatic carbocycles. The molecular formula is C22H28N4O4S. The molecule has 31 heavy (non-hydrogen) atoms. The van der Waals surface area contributed by atoms with Gasteiger partial charge in [-0.1, -0.05) is 19.1 Å². The van der Waals surface area contributed by atoms with Crippen LogP contribution in [-0.2, 0) is 25.9 Å². The number of aryl methyl sites for hydroxylation is 1. The van der Waals surface area contributed by atoms with Crippen molar-refractivity contribution in [3.63, 3.8) is 0 Å². The summed E-state index contributed by atoms with van der Waals surface area (Å²) < 4.78 is 31.3. The van der Waals surface area contributed by atoms with Gasteiger partial charge in [-0.25, -0.2) is 8.42 Å². The fourth-order valence-electron chi connectivity index (χ4n) is 3.13. The van der Waals surface area contributed by atoms with Crippen LogP contribution in [0.2, 0.25) is 0 Å². The molecule has 0 radical (unpaired) electrons. The Labute approximate surface area is 182 Å². The number of ether oxygens (including phenoxy) is 1. The van der Waals surface area contributed by atoms with Crippen molar-refractivity contribution in [3.8, 4) is 22.6 Å². The third-order valence-corrected chi connectivity index (χ3v) is 6.56. The average molecular weight is 445 g/mol. The summed E-state index contributed by atoms with van der Waals surface area (Å²) in [5, 5.41) is 4.42. The monoisotopic (exact) mass is 444 g/mol. The van der Waals surface area contributed by atoms with Gasteiger partial charge in [0.05, 0.1) is 27.7 Å². The summed E-state index contributed by atoms with van der Waals surface area (Å²) in [6.45, 7) is 4.48. The van der Waals surface area contributed by atoms with Gasteiger partial charge in [0.25, 0.3) is 0 Å². The first-order valence-electron chi connectivity index (χ1n) is 10.1. The largest absolute Gasteiger partial charge is 0.463 e. The number of aromatic amines is 1. The van der Waals surface area contributed by atoms with Gasteiger partial charge in [0.2, 0.25) is 0 Å². The number of carbonyl (C=O) groups excluding carboxylic acids is 1. The van der Waals surface area contributed by atoms with Crippen LogP contribution < -0.4 is 0 Å². The maximum Gasteiger partial charge on any atom is 0.327 e. The smallest absolute Gasteiger partial charge is 0.327 e. The van der Waals surface area contributed by atoms with E-state index in [1.54, 1.807) is 29.8 Å². The molecule has 0 fully saturated rings. The number of aromatic nitrogens is 3. The number of hydrogen-bond acceptors (Lipinski definition) is 6. The van der Waals surface area contributed by atoms with E-state index >= 15 is 0 Å². The van der Waals surface area contributed by atoms with Gasteiger partial charge < -0.3 is 14.6 Å². The molecule has 2 heterocycles. The molecule has 1 N–H and O–H groups in total. The Morgan fingerprint density at radius 3 is 2.61 bits per heavy atom. The Morgan fingerprint density at radius 1 is 1.16 bits per heavy atom. The summed E-state index contributed by atoms with van der Waals surface area (Å²) in [7, 11) is 0.545. The zero-order valence-electron chi connectivity index (χ0n) is 18.3. The molecule has 0 atom stereocenters. The quantitative estimate of drug-likeness (QED) is 0.510. The van der Waals surface area contributed by atoms with E-state index in [9.17, 15) is 13.2 Å². The van der Waals surface area contributed by atoms with E-state index in [0.717, 1.165) is 28.3 Å². The highest BCUT2D eigenvalue weighted by molar-refractivity contribution is 7.91. The predicted octanol–water partition coefficient (Wildman–Crippen LogP) is 2.75. The van der Waals surface area contributed by atoms with Crippen LogP contribution in [0, 0.1) is 6.92 Å². The van der Waals surface area contributed by atoms with Crippen molar-refractivity contribution in [3.05, 3.63) is 48.2 Å². The Bertz CT molecular complexity index is 1160. The second-order valence-electron chi connectivity index (χ2n) is 7.57. The maximum absolute atomic E-state index is 12.2. The molecule has 3 rings (SSSR count). The third kappa shape index (κ3) is 5.62. The lowest BCUT2D eigenvalue weighted by Crippen LogP contribution is -2.22. The summed E-state index contributed by atoms with van der Waals surface area (Å²) >= 11 is 0. The van der Waals surface area contributed by atoms with E-state index in [4.69, 9.17) is 4.74 Å². The van der Waals surface area contributed by atoms with Crippen LogP contribution in [0.15, 0.2) is 47.4 Å². The van der Waals surface area contributed by atoms with E-state index in [1.165, 1.54) is 0 Å². The van der Waals surface area contributed by atoms with E-state index in [0.29, 0.717) is 18.0 Å². The molecule has 0 aliphatic rings. The third-order valence-electron chi connectivity index (χ3n) is 4.83. The highest BCUT2D eigenvalue weighted by Gasteiger charge is 2.16. The normalized spacial score (nSPS) is 11.8. The molecule has 3 aromatic rings. The van der Waals surface area contributed by atoms with E-state index < -0.39 is 9.84 Å². The summed E-state index contributed by atoms with van der Waals surface area (Å²) in [4.78, 5) is 17.8. The number of carbonyl (C=O) groups is 1. The molecule has 9 heteroatoms. The van der Waals surface area contributed by atoms with E-state index in [-0.39, 0.29) is 18.3 Å². The fraction of sp³-hybridized carbons (Fsp3) is 0.364. The van der Waals surface area contributed by atoms with Crippen molar-refractivity contribution in [1.29, 1.82) is 0 Å². The number of benzene rings is 1. The molecule has 166 valence electrons. The Balaban J connectivity index is 1.82. The highest BCUT2D eigenvalue weighted by atomic mass is 32.2. The number of hydrogen-bond donors (Lipinski definition) is 1. The average Bonchev–Trinajstić information content (AvgIpc) is 3.34. The number of likely N-dealkylation sites (N-methyl/N-ethyl adjacent to an activating group) is 1. The minimum absolute atomic E-state index is 0.00911. The van der Waals surface area contributed by atoms with Crippen molar-refractivity contribution >= 4 is 15.8 Å². The lowest BCUT2D eigenvalue weighted by Gasteiger charge is -2.11. The van der Waals surface area contributed by atoms with Gasteiger partial charge in [-0.3, -0.25) is 9.48 Å². The Kier molecular flexibility index (Phi) is 6.97. The molecule has 0 aliphatic heterocycles.